The van der Waals surface area contributed by atoms with Crippen molar-refractivity contribution in [1.82, 2.24) is 4.72 Å². The molecule has 0 fully saturated rings. The summed E-state index contributed by atoms with van der Waals surface area (Å²) < 4.78 is 16.8. The number of hydrogen-bond donors (Lipinski definition) is 3. The summed E-state index contributed by atoms with van der Waals surface area (Å²) >= 11 is 1.55. The molecule has 188 valence electrons. The quantitative estimate of drug-likeness (QED) is 0.224. The van der Waals surface area contributed by atoms with Gasteiger partial charge in [0.05, 0.1) is 11.3 Å². The van der Waals surface area contributed by atoms with Crippen LogP contribution < -0.4 is 10.0 Å². The van der Waals surface area contributed by atoms with Crippen molar-refractivity contribution in [2.24, 2.45) is 0 Å². The monoisotopic (exact) mass is 496 g/mol. The number of benzene rings is 3. The number of hydrogen-bond acceptors (Lipinski definition) is 4. The molecule has 0 spiro atoms. The summed E-state index contributed by atoms with van der Waals surface area (Å²) in [6, 6.07) is 19.6. The summed E-state index contributed by atoms with van der Waals surface area (Å²) in [5.41, 5.74) is 4.54. The van der Waals surface area contributed by atoms with Gasteiger partial charge in [0.2, 0.25) is 6.41 Å². The lowest BCUT2D eigenvalue weighted by Crippen LogP contribution is -2.15. The van der Waals surface area contributed by atoms with Crippen molar-refractivity contribution in [3.8, 4) is 11.1 Å². The number of carbonyl (C=O) groups excluding carboxylic acids is 1. The van der Waals surface area contributed by atoms with Crippen molar-refractivity contribution in [1.29, 1.82) is 0 Å². The third kappa shape index (κ3) is 7.92. The Morgan fingerprint density at radius 1 is 0.943 bits per heavy atom. The first-order valence-corrected chi connectivity index (χ1v) is 12.6. The van der Waals surface area contributed by atoms with Crippen LogP contribution in [0.2, 0.25) is 0 Å². The maximum atomic E-state index is 13.7. The summed E-state index contributed by atoms with van der Waals surface area (Å²) in [5, 5.41) is 12.9. The minimum atomic E-state index is -0.839. The van der Waals surface area contributed by atoms with Crippen LogP contribution >= 0.6 is 11.9 Å². The molecule has 3 aromatic rings. The fourth-order valence-electron chi connectivity index (χ4n) is 3.80. The Morgan fingerprint density at radius 2 is 1.60 bits per heavy atom. The molecule has 0 atom stereocenters. The lowest BCUT2D eigenvalue weighted by atomic mass is 9.92. The van der Waals surface area contributed by atoms with E-state index in [0.717, 1.165) is 27.1 Å². The van der Waals surface area contributed by atoms with Gasteiger partial charge in [-0.2, -0.15) is 0 Å². The molecule has 0 saturated carbocycles. The van der Waals surface area contributed by atoms with Gasteiger partial charge in [0.25, 0.3) is 0 Å². The molecule has 0 unspecified atom stereocenters. The van der Waals surface area contributed by atoms with Gasteiger partial charge in [0.1, 0.15) is 5.82 Å². The fraction of sp³-hybridized carbons (Fsp3) is 0.345. The second kappa shape index (κ2) is 12.9. The number of rotatable bonds is 8. The molecule has 0 heterocycles. The molecule has 0 aliphatic heterocycles. The van der Waals surface area contributed by atoms with Crippen LogP contribution in [0.4, 0.5) is 10.1 Å². The molecule has 0 aromatic heterocycles. The van der Waals surface area contributed by atoms with E-state index in [0.29, 0.717) is 17.7 Å². The van der Waals surface area contributed by atoms with Crippen LogP contribution in [0.15, 0.2) is 65.6 Å². The molecule has 4 nitrogen and oxygen atoms in total. The highest BCUT2D eigenvalue weighted by Gasteiger charge is 2.18. The highest BCUT2D eigenvalue weighted by molar-refractivity contribution is 7.97. The van der Waals surface area contributed by atoms with Gasteiger partial charge in [-0.3, -0.25) is 9.52 Å². The van der Waals surface area contributed by atoms with Crippen LogP contribution in [0.1, 0.15) is 70.1 Å². The second-order valence-electron chi connectivity index (χ2n) is 9.47. The largest absolute Gasteiger partial charge is 0.386 e. The maximum absolute atomic E-state index is 13.7. The van der Waals surface area contributed by atoms with Gasteiger partial charge < -0.3 is 10.4 Å². The van der Waals surface area contributed by atoms with Crippen molar-refractivity contribution in [2.75, 3.05) is 12.4 Å². The Bertz CT molecular complexity index is 1110. The zero-order chi connectivity index (χ0) is 26.2. The van der Waals surface area contributed by atoms with E-state index in [2.05, 4.69) is 34.3 Å². The van der Waals surface area contributed by atoms with Crippen molar-refractivity contribution in [3.63, 3.8) is 0 Å². The van der Waals surface area contributed by atoms with Crippen LogP contribution in [0.25, 0.3) is 11.1 Å². The van der Waals surface area contributed by atoms with E-state index in [1.807, 2.05) is 72.9 Å². The summed E-state index contributed by atoms with van der Waals surface area (Å²) in [6.45, 7) is 11.5. The van der Waals surface area contributed by atoms with E-state index < -0.39 is 5.60 Å². The molecular formula is C29H37FN2O2S. The topological polar surface area (TPSA) is 61.4 Å². The molecule has 0 saturated heterocycles. The molecule has 0 aliphatic carbocycles. The average molecular weight is 497 g/mol. The predicted molar refractivity (Wildman–Crippen MR) is 146 cm³/mol. The molecule has 0 bridgehead atoms. The van der Waals surface area contributed by atoms with Gasteiger partial charge in [0.15, 0.2) is 0 Å². The van der Waals surface area contributed by atoms with Crippen molar-refractivity contribution in [3.05, 3.63) is 83.2 Å². The van der Waals surface area contributed by atoms with Crippen molar-refractivity contribution in [2.45, 2.75) is 63.9 Å². The lowest BCUT2D eigenvalue weighted by Gasteiger charge is -2.20. The summed E-state index contributed by atoms with van der Waals surface area (Å²) in [5.74, 6) is 0.0328. The van der Waals surface area contributed by atoms with Gasteiger partial charge in [-0.25, -0.2) is 4.39 Å². The molecule has 1 amide bonds. The van der Waals surface area contributed by atoms with Crippen LogP contribution in [0.3, 0.4) is 0 Å². The first kappa shape index (κ1) is 28.6. The van der Waals surface area contributed by atoms with Crippen LogP contribution in [0, 0.1) is 5.82 Å². The zero-order valence-corrected chi connectivity index (χ0v) is 22.5. The first-order valence-electron chi connectivity index (χ1n) is 11.8. The van der Waals surface area contributed by atoms with Crippen molar-refractivity contribution >= 4 is 24.0 Å². The summed E-state index contributed by atoms with van der Waals surface area (Å²) in [7, 11) is 1.89. The smallest absolute Gasteiger partial charge is 0.211 e. The molecule has 3 N–H and O–H groups in total. The third-order valence-corrected chi connectivity index (χ3v) is 6.24. The standard InChI is InChI=1S/C16H19NOS.C13H18FNO/c1-16(2,18)14-9-13(10-15(11-14)19-17-3)12-7-5-4-6-8-12;1-8(2)10-5-6-11(14)12(9(3)4)13(10)15-7-16/h4-11,17-18H,1-3H3;5-9H,1-4H3,(H,15,16). The van der Waals surface area contributed by atoms with E-state index >= 15 is 0 Å². The minimum absolute atomic E-state index is 0.0427. The number of anilines is 1. The highest BCUT2D eigenvalue weighted by atomic mass is 32.2. The van der Waals surface area contributed by atoms with E-state index in [1.54, 1.807) is 18.0 Å². The van der Waals surface area contributed by atoms with Gasteiger partial charge in [-0.1, -0.05) is 64.1 Å². The van der Waals surface area contributed by atoms with E-state index in [4.69, 9.17) is 0 Å². The fourth-order valence-corrected chi connectivity index (χ4v) is 4.41. The van der Waals surface area contributed by atoms with E-state index in [-0.39, 0.29) is 17.7 Å². The minimum Gasteiger partial charge on any atom is -0.386 e. The van der Waals surface area contributed by atoms with Crippen LogP contribution in [0.5, 0.6) is 0 Å². The highest BCUT2D eigenvalue weighted by Crippen LogP contribution is 2.34. The Hall–Kier alpha value is -2.67. The maximum Gasteiger partial charge on any atom is 0.211 e. The molecule has 6 heteroatoms. The Kier molecular flexibility index (Phi) is 10.5. The average Bonchev–Trinajstić information content (AvgIpc) is 2.79. The van der Waals surface area contributed by atoms with Crippen LogP contribution in [-0.4, -0.2) is 18.6 Å². The number of nitrogens with one attached hydrogen (secondary N) is 2. The van der Waals surface area contributed by atoms with Crippen molar-refractivity contribution < 1.29 is 14.3 Å². The van der Waals surface area contributed by atoms with Gasteiger partial charge in [-0.15, -0.1) is 0 Å². The normalized spacial score (nSPS) is 11.3. The number of amides is 1. The molecule has 35 heavy (non-hydrogen) atoms. The summed E-state index contributed by atoms with van der Waals surface area (Å²) in [6.07, 6.45) is 0.604. The van der Waals surface area contributed by atoms with E-state index in [1.165, 1.54) is 6.07 Å². The van der Waals surface area contributed by atoms with Gasteiger partial charge in [0, 0.05) is 10.5 Å². The molecule has 3 rings (SSSR count). The molecule has 0 radical (unpaired) electrons. The Balaban J connectivity index is 0.000000251. The Labute approximate surface area is 213 Å². The Morgan fingerprint density at radius 3 is 2.11 bits per heavy atom. The van der Waals surface area contributed by atoms with Gasteiger partial charge >= 0.3 is 0 Å². The van der Waals surface area contributed by atoms with E-state index in [9.17, 15) is 14.3 Å². The zero-order valence-electron chi connectivity index (χ0n) is 21.6. The number of halogens is 1. The first-order chi connectivity index (χ1) is 16.5. The van der Waals surface area contributed by atoms with Gasteiger partial charge in [-0.05, 0) is 91.2 Å². The summed E-state index contributed by atoms with van der Waals surface area (Å²) in [4.78, 5) is 11.7. The molecule has 3 aromatic carbocycles. The third-order valence-electron chi connectivity index (χ3n) is 5.57. The number of carbonyl (C=O) groups is 1. The second-order valence-corrected chi connectivity index (χ2v) is 10.6. The SMILES string of the molecule is CC(C)c1ccc(F)c(C(C)C)c1NC=O.CNSc1cc(-c2ccccc2)cc(C(C)(C)O)c1. The number of aliphatic hydroxyl groups is 1. The van der Waals surface area contributed by atoms with Crippen LogP contribution in [-0.2, 0) is 10.4 Å². The lowest BCUT2D eigenvalue weighted by molar-refractivity contribution is -0.105. The molecule has 0 aliphatic rings. The molecular weight excluding hydrogens is 459 g/mol. The predicted octanol–water partition coefficient (Wildman–Crippen LogP) is 7.45.